The van der Waals surface area contributed by atoms with Gasteiger partial charge in [-0.05, 0) is 32.1 Å². The van der Waals surface area contributed by atoms with Gasteiger partial charge in [-0.25, -0.2) is 0 Å². The number of ether oxygens (including phenoxy) is 1. The largest absolute Gasteiger partial charge is 0.492 e. The Morgan fingerprint density at radius 1 is 1.24 bits per heavy atom. The van der Waals surface area contributed by atoms with E-state index in [2.05, 4.69) is 13.8 Å². The van der Waals surface area contributed by atoms with Crippen molar-refractivity contribution in [3.8, 4) is 0 Å². The van der Waals surface area contributed by atoms with E-state index in [0.717, 1.165) is 19.3 Å². The van der Waals surface area contributed by atoms with Gasteiger partial charge in [-0.1, -0.05) is 27.2 Å². The summed E-state index contributed by atoms with van der Waals surface area (Å²) in [6, 6.07) is 0.0423. The third-order valence-electron chi connectivity index (χ3n) is 3.50. The summed E-state index contributed by atoms with van der Waals surface area (Å²) in [4.78, 5) is 27.1. The molecule has 0 aromatic heterocycles. The zero-order valence-electron chi connectivity index (χ0n) is 11.6. The zero-order valence-corrected chi connectivity index (χ0v) is 12.6. The van der Waals surface area contributed by atoms with Crippen molar-refractivity contribution < 1.29 is 19.1 Å². The molecule has 2 atom stereocenters. The highest BCUT2D eigenvalue weighted by molar-refractivity contribution is 6.56. The van der Waals surface area contributed by atoms with Crippen LogP contribution in [0.15, 0.2) is 0 Å². The van der Waals surface area contributed by atoms with Gasteiger partial charge in [0, 0.05) is 12.7 Å². The van der Waals surface area contributed by atoms with Gasteiger partial charge < -0.3 is 19.1 Å². The van der Waals surface area contributed by atoms with E-state index >= 15 is 0 Å². The molecule has 0 aromatic carbocycles. The third kappa shape index (κ3) is 8.74. The van der Waals surface area contributed by atoms with Crippen LogP contribution in [0, 0.1) is 5.92 Å². The Kier molecular flexibility index (Phi) is 7.51. The fourth-order valence-electron chi connectivity index (χ4n) is 1.49. The van der Waals surface area contributed by atoms with Crippen molar-refractivity contribution in [2.24, 2.45) is 5.92 Å². The molecule has 5 heteroatoms. The summed E-state index contributed by atoms with van der Waals surface area (Å²) in [5.41, 5.74) is -0.361. The lowest BCUT2D eigenvalue weighted by molar-refractivity contribution is -0.0438. The maximum Gasteiger partial charge on any atom is 0.492 e. The van der Waals surface area contributed by atoms with Crippen LogP contribution in [-0.4, -0.2) is 35.4 Å². The number of rotatable bonds is 9. The number of hydrogen-bond donors (Lipinski definition) is 3. The molecule has 0 amide bonds. The molecular formula is C12H28O4Si. The Bertz CT molecular complexity index is 205. The van der Waals surface area contributed by atoms with Gasteiger partial charge in [-0.15, -0.1) is 0 Å². The van der Waals surface area contributed by atoms with Crippen LogP contribution in [0.25, 0.3) is 0 Å². The van der Waals surface area contributed by atoms with Crippen LogP contribution < -0.4 is 0 Å². The molecule has 0 aliphatic rings. The maximum atomic E-state index is 9.02. The van der Waals surface area contributed by atoms with Gasteiger partial charge in [-0.2, -0.15) is 0 Å². The van der Waals surface area contributed by atoms with E-state index in [4.69, 9.17) is 19.1 Å². The van der Waals surface area contributed by atoms with Crippen LogP contribution in [0.5, 0.6) is 0 Å². The summed E-state index contributed by atoms with van der Waals surface area (Å²) >= 11 is 0. The predicted octanol–water partition coefficient (Wildman–Crippen LogP) is 1.91. The minimum Gasteiger partial charge on any atom is -0.390 e. The predicted molar refractivity (Wildman–Crippen MR) is 70.6 cm³/mol. The summed E-state index contributed by atoms with van der Waals surface area (Å²) in [6.07, 6.45) is 3.45. The van der Waals surface area contributed by atoms with E-state index in [-0.39, 0.29) is 11.6 Å². The molecule has 0 saturated carbocycles. The van der Waals surface area contributed by atoms with Gasteiger partial charge in [-0.3, -0.25) is 0 Å². The van der Waals surface area contributed by atoms with Crippen molar-refractivity contribution in [2.45, 2.75) is 65.0 Å². The van der Waals surface area contributed by atoms with E-state index in [1.165, 1.54) is 0 Å². The van der Waals surface area contributed by atoms with E-state index in [9.17, 15) is 0 Å². The summed E-state index contributed by atoms with van der Waals surface area (Å²) in [7, 11) is -3.93. The first kappa shape index (κ1) is 17.1. The van der Waals surface area contributed by atoms with Crippen molar-refractivity contribution in [3.63, 3.8) is 0 Å². The SMILES string of the molecule is CC[C@@H](C)CCOC(C)(CC)CC[Si](O)(O)O. The summed E-state index contributed by atoms with van der Waals surface area (Å²) in [6.45, 7) is 9.02. The molecule has 3 N–H and O–H groups in total. The lowest BCUT2D eigenvalue weighted by Gasteiger charge is -2.30. The third-order valence-corrected chi connectivity index (χ3v) is 4.42. The Balaban J connectivity index is 4.01. The summed E-state index contributed by atoms with van der Waals surface area (Å²) in [5, 5.41) is 0. The van der Waals surface area contributed by atoms with Gasteiger partial charge >= 0.3 is 8.80 Å². The average molecular weight is 264 g/mol. The number of hydrogen-bond acceptors (Lipinski definition) is 4. The molecule has 0 spiro atoms. The Hall–Kier alpha value is 0.0569. The average Bonchev–Trinajstić information content (AvgIpc) is 2.25. The lowest BCUT2D eigenvalue weighted by Crippen LogP contribution is -2.38. The van der Waals surface area contributed by atoms with Crippen LogP contribution in [0.3, 0.4) is 0 Å². The van der Waals surface area contributed by atoms with Crippen molar-refractivity contribution in [1.29, 1.82) is 0 Å². The Morgan fingerprint density at radius 3 is 2.24 bits per heavy atom. The molecule has 1 unspecified atom stereocenters. The monoisotopic (exact) mass is 264 g/mol. The van der Waals surface area contributed by atoms with Crippen molar-refractivity contribution in [3.05, 3.63) is 0 Å². The molecule has 0 radical (unpaired) electrons. The molecule has 0 fully saturated rings. The van der Waals surface area contributed by atoms with Gasteiger partial charge in [0.25, 0.3) is 0 Å². The molecule has 0 heterocycles. The molecule has 17 heavy (non-hydrogen) atoms. The smallest absolute Gasteiger partial charge is 0.390 e. The highest BCUT2D eigenvalue weighted by Gasteiger charge is 2.32. The van der Waals surface area contributed by atoms with E-state index in [1.54, 1.807) is 0 Å². The molecule has 0 aromatic rings. The summed E-state index contributed by atoms with van der Waals surface area (Å²) < 4.78 is 5.84. The van der Waals surface area contributed by atoms with Crippen LogP contribution >= 0.6 is 0 Å². The van der Waals surface area contributed by atoms with Gasteiger partial charge in [0.15, 0.2) is 0 Å². The first-order valence-corrected chi connectivity index (χ1v) is 8.58. The molecule has 104 valence electrons. The molecule has 0 rings (SSSR count). The first-order valence-electron chi connectivity index (χ1n) is 6.53. The quantitative estimate of drug-likeness (QED) is 0.556. The van der Waals surface area contributed by atoms with Crippen LogP contribution in [0.1, 0.15) is 53.4 Å². The first-order chi connectivity index (χ1) is 7.72. The van der Waals surface area contributed by atoms with Crippen LogP contribution in [0.4, 0.5) is 0 Å². The molecular weight excluding hydrogens is 236 g/mol. The van der Waals surface area contributed by atoms with Gasteiger partial charge in [0.2, 0.25) is 0 Å². The topological polar surface area (TPSA) is 69.9 Å². The molecule has 0 saturated heterocycles. The lowest BCUT2D eigenvalue weighted by atomic mass is 9.99. The Labute approximate surface area is 106 Å². The highest BCUT2D eigenvalue weighted by Crippen LogP contribution is 2.24. The van der Waals surface area contributed by atoms with E-state index in [1.807, 2.05) is 13.8 Å². The fraction of sp³-hybridized carbons (Fsp3) is 1.00. The molecule has 4 nitrogen and oxygen atoms in total. The molecule has 0 bridgehead atoms. The normalized spacial score (nSPS) is 17.8. The van der Waals surface area contributed by atoms with Crippen molar-refractivity contribution in [2.75, 3.05) is 6.61 Å². The van der Waals surface area contributed by atoms with Crippen molar-refractivity contribution >= 4 is 8.80 Å². The van der Waals surface area contributed by atoms with E-state index < -0.39 is 8.80 Å². The van der Waals surface area contributed by atoms with Crippen LogP contribution in [0.2, 0.25) is 6.04 Å². The highest BCUT2D eigenvalue weighted by atomic mass is 28.4. The van der Waals surface area contributed by atoms with Crippen LogP contribution in [-0.2, 0) is 4.74 Å². The standard InChI is InChI=1S/C12H28O4Si/c1-5-11(3)7-9-16-12(4,6-2)8-10-17(13,14)15/h11,13-15H,5-10H2,1-4H3/t11-,12?/m1/s1. The minimum atomic E-state index is -3.93. The molecule has 0 aliphatic carbocycles. The fourth-order valence-corrected chi connectivity index (χ4v) is 2.36. The second-order valence-corrected chi connectivity index (χ2v) is 7.28. The second-order valence-electron chi connectivity index (χ2n) is 5.23. The Morgan fingerprint density at radius 2 is 1.82 bits per heavy atom. The second kappa shape index (κ2) is 7.48. The zero-order chi connectivity index (χ0) is 13.5. The van der Waals surface area contributed by atoms with Gasteiger partial charge in [0.05, 0.1) is 5.60 Å². The maximum absolute atomic E-state index is 9.02. The summed E-state index contributed by atoms with van der Waals surface area (Å²) in [5.74, 6) is 0.651. The van der Waals surface area contributed by atoms with E-state index in [0.29, 0.717) is 18.9 Å². The molecule has 0 aliphatic heterocycles. The van der Waals surface area contributed by atoms with Gasteiger partial charge in [0.1, 0.15) is 0 Å². The van der Waals surface area contributed by atoms with Crippen molar-refractivity contribution in [1.82, 2.24) is 0 Å². The minimum absolute atomic E-state index is 0.0423.